The molecule has 0 aromatic rings. The number of carbonyl (C=O) groups is 1. The van der Waals surface area contributed by atoms with E-state index in [9.17, 15) is 4.79 Å². The van der Waals surface area contributed by atoms with Crippen molar-refractivity contribution >= 4 is 5.97 Å². The van der Waals surface area contributed by atoms with Crippen molar-refractivity contribution in [1.29, 1.82) is 0 Å². The lowest BCUT2D eigenvalue weighted by atomic mass is 9.97. The number of hydrogen-bond donors (Lipinski definition) is 1. The molecule has 3 nitrogen and oxygen atoms in total. The van der Waals surface area contributed by atoms with Crippen LogP contribution >= 0.6 is 0 Å². The lowest BCUT2D eigenvalue weighted by molar-refractivity contribution is -0.138. The molecule has 1 fully saturated rings. The Morgan fingerprint density at radius 1 is 1.64 bits per heavy atom. The van der Waals surface area contributed by atoms with Crippen LogP contribution in [0.1, 0.15) is 26.7 Å². The molecule has 0 saturated carbocycles. The fourth-order valence-corrected chi connectivity index (χ4v) is 1.62. The predicted molar refractivity (Wildman–Crippen MR) is 40.4 cm³/mol. The van der Waals surface area contributed by atoms with Gasteiger partial charge in [0.1, 0.15) is 0 Å². The van der Waals surface area contributed by atoms with E-state index in [-0.39, 0.29) is 24.5 Å². The third-order valence-corrected chi connectivity index (χ3v) is 2.18. The third kappa shape index (κ3) is 2.19. The van der Waals surface area contributed by atoms with Gasteiger partial charge in [-0.1, -0.05) is 0 Å². The average Bonchev–Trinajstić information content (AvgIpc) is 2.09. The van der Waals surface area contributed by atoms with E-state index in [2.05, 4.69) is 0 Å². The molecule has 0 aromatic heterocycles. The van der Waals surface area contributed by atoms with Gasteiger partial charge < -0.3 is 9.84 Å². The number of rotatable bonds is 2. The summed E-state index contributed by atoms with van der Waals surface area (Å²) in [6.45, 7) is 3.93. The van der Waals surface area contributed by atoms with Crippen molar-refractivity contribution in [3.8, 4) is 0 Å². The highest BCUT2D eigenvalue weighted by Crippen LogP contribution is 2.28. The first-order valence-corrected chi connectivity index (χ1v) is 3.97. The Bertz CT molecular complexity index is 155. The second-order valence-corrected chi connectivity index (χ2v) is 3.25. The first-order valence-electron chi connectivity index (χ1n) is 3.97. The van der Waals surface area contributed by atoms with Crippen molar-refractivity contribution in [1.82, 2.24) is 0 Å². The summed E-state index contributed by atoms with van der Waals surface area (Å²) in [5.41, 5.74) is 0. The monoisotopic (exact) mass is 158 g/mol. The summed E-state index contributed by atoms with van der Waals surface area (Å²) in [6.07, 6.45) is 1.47. The summed E-state index contributed by atoms with van der Waals surface area (Å²) in [6, 6.07) is 0. The third-order valence-electron chi connectivity index (χ3n) is 2.18. The summed E-state index contributed by atoms with van der Waals surface area (Å²) in [4.78, 5) is 10.4. The Balaban J connectivity index is 2.40. The molecule has 3 heteroatoms. The van der Waals surface area contributed by atoms with Gasteiger partial charge in [0.25, 0.3) is 0 Å². The standard InChI is InChI=1S/C8H14O3/c1-5-3-7(4-8(9)10)6(2)11-5/h5-7H,3-4H2,1-2H3,(H,9,10). The molecule has 11 heavy (non-hydrogen) atoms. The van der Waals surface area contributed by atoms with Crippen molar-refractivity contribution < 1.29 is 14.6 Å². The second-order valence-electron chi connectivity index (χ2n) is 3.25. The Hall–Kier alpha value is -0.570. The molecular weight excluding hydrogens is 144 g/mol. The fraction of sp³-hybridized carbons (Fsp3) is 0.875. The molecule has 0 bridgehead atoms. The van der Waals surface area contributed by atoms with Gasteiger partial charge in [0, 0.05) is 0 Å². The average molecular weight is 158 g/mol. The highest BCUT2D eigenvalue weighted by molar-refractivity contribution is 5.67. The van der Waals surface area contributed by atoms with Crippen LogP contribution in [-0.2, 0) is 9.53 Å². The Kier molecular flexibility index (Phi) is 2.49. The van der Waals surface area contributed by atoms with Crippen LogP contribution in [0.5, 0.6) is 0 Å². The normalized spacial score (nSPS) is 37.5. The summed E-state index contributed by atoms with van der Waals surface area (Å²) >= 11 is 0. The smallest absolute Gasteiger partial charge is 0.303 e. The summed E-state index contributed by atoms with van der Waals surface area (Å²) < 4.78 is 5.41. The first-order chi connectivity index (χ1) is 5.09. The highest BCUT2D eigenvalue weighted by Gasteiger charge is 2.30. The van der Waals surface area contributed by atoms with Crippen LogP contribution in [0.2, 0.25) is 0 Å². The molecule has 0 aromatic carbocycles. The zero-order chi connectivity index (χ0) is 8.43. The predicted octanol–water partition coefficient (Wildman–Crippen LogP) is 1.27. The Morgan fingerprint density at radius 3 is 2.64 bits per heavy atom. The number of ether oxygens (including phenoxy) is 1. The molecule has 0 spiro atoms. The van der Waals surface area contributed by atoms with Gasteiger partial charge in [-0.25, -0.2) is 0 Å². The van der Waals surface area contributed by atoms with Gasteiger partial charge in [-0.05, 0) is 26.2 Å². The van der Waals surface area contributed by atoms with E-state index in [1.54, 1.807) is 0 Å². The van der Waals surface area contributed by atoms with E-state index in [1.165, 1.54) is 0 Å². The fourth-order valence-electron chi connectivity index (χ4n) is 1.62. The summed E-state index contributed by atoms with van der Waals surface area (Å²) in [5.74, 6) is -0.512. The van der Waals surface area contributed by atoms with Crippen LogP contribution in [0.25, 0.3) is 0 Å². The molecule has 1 N–H and O–H groups in total. The van der Waals surface area contributed by atoms with E-state index in [0.29, 0.717) is 0 Å². The molecular formula is C8H14O3. The largest absolute Gasteiger partial charge is 0.481 e. The molecule has 64 valence electrons. The van der Waals surface area contributed by atoms with Gasteiger partial charge in [-0.2, -0.15) is 0 Å². The van der Waals surface area contributed by atoms with Crippen LogP contribution in [0.3, 0.4) is 0 Å². The van der Waals surface area contributed by atoms with Gasteiger partial charge in [-0.3, -0.25) is 4.79 Å². The lowest BCUT2D eigenvalue weighted by Crippen LogP contribution is -2.15. The van der Waals surface area contributed by atoms with Gasteiger partial charge in [0.2, 0.25) is 0 Å². The van der Waals surface area contributed by atoms with E-state index < -0.39 is 5.97 Å². The Morgan fingerprint density at radius 2 is 2.27 bits per heavy atom. The first kappa shape index (κ1) is 8.53. The number of carboxylic acids is 1. The summed E-state index contributed by atoms with van der Waals surface area (Å²) in [7, 11) is 0. The van der Waals surface area contributed by atoms with Crippen molar-refractivity contribution in [3.05, 3.63) is 0 Å². The molecule has 0 aliphatic carbocycles. The van der Waals surface area contributed by atoms with E-state index in [4.69, 9.17) is 9.84 Å². The summed E-state index contributed by atoms with van der Waals surface area (Å²) in [5, 5.41) is 8.52. The van der Waals surface area contributed by atoms with Crippen molar-refractivity contribution in [2.75, 3.05) is 0 Å². The minimum absolute atomic E-state index is 0.112. The molecule has 1 aliphatic rings. The van der Waals surface area contributed by atoms with Crippen molar-refractivity contribution in [2.24, 2.45) is 5.92 Å². The molecule has 3 atom stereocenters. The highest BCUT2D eigenvalue weighted by atomic mass is 16.5. The molecule has 0 amide bonds. The maximum absolute atomic E-state index is 10.4. The van der Waals surface area contributed by atoms with Crippen LogP contribution < -0.4 is 0 Å². The number of carboxylic acid groups (broad SMARTS) is 1. The topological polar surface area (TPSA) is 46.5 Å². The van der Waals surface area contributed by atoms with E-state index in [0.717, 1.165) is 6.42 Å². The van der Waals surface area contributed by atoms with Crippen LogP contribution in [0.4, 0.5) is 0 Å². The maximum Gasteiger partial charge on any atom is 0.303 e. The van der Waals surface area contributed by atoms with E-state index in [1.807, 2.05) is 13.8 Å². The Labute approximate surface area is 66.4 Å². The van der Waals surface area contributed by atoms with Gasteiger partial charge >= 0.3 is 5.97 Å². The number of aliphatic carboxylic acids is 1. The molecule has 1 rings (SSSR count). The van der Waals surface area contributed by atoms with Crippen LogP contribution in [0.15, 0.2) is 0 Å². The van der Waals surface area contributed by atoms with Gasteiger partial charge in [0.15, 0.2) is 0 Å². The van der Waals surface area contributed by atoms with E-state index >= 15 is 0 Å². The molecule has 0 radical (unpaired) electrons. The second kappa shape index (κ2) is 3.22. The number of hydrogen-bond acceptors (Lipinski definition) is 2. The lowest BCUT2D eigenvalue weighted by Gasteiger charge is -2.09. The minimum atomic E-state index is -0.723. The SMILES string of the molecule is CC1CC(CC(=O)O)C(C)O1. The molecule has 3 unspecified atom stereocenters. The van der Waals surface area contributed by atoms with Crippen LogP contribution in [0, 0.1) is 5.92 Å². The quantitative estimate of drug-likeness (QED) is 0.658. The maximum atomic E-state index is 10.4. The van der Waals surface area contributed by atoms with Crippen LogP contribution in [-0.4, -0.2) is 23.3 Å². The minimum Gasteiger partial charge on any atom is -0.481 e. The van der Waals surface area contributed by atoms with Gasteiger partial charge in [-0.15, -0.1) is 0 Å². The zero-order valence-electron chi connectivity index (χ0n) is 6.91. The van der Waals surface area contributed by atoms with Crippen molar-refractivity contribution in [2.45, 2.75) is 38.9 Å². The molecule has 1 heterocycles. The van der Waals surface area contributed by atoms with Gasteiger partial charge in [0.05, 0.1) is 18.6 Å². The zero-order valence-corrected chi connectivity index (χ0v) is 6.91. The molecule has 1 saturated heterocycles. The molecule has 1 aliphatic heterocycles. The van der Waals surface area contributed by atoms with Crippen molar-refractivity contribution in [3.63, 3.8) is 0 Å².